The Morgan fingerprint density at radius 1 is 0.943 bits per heavy atom. The van der Waals surface area contributed by atoms with Crippen molar-refractivity contribution in [3.8, 4) is 17.2 Å². The normalized spacial score (nSPS) is 18.1. The molecule has 3 aromatic carbocycles. The molecule has 0 aliphatic carbocycles. The lowest BCUT2D eigenvalue weighted by molar-refractivity contribution is -0.124. The molecule has 0 saturated heterocycles. The van der Waals surface area contributed by atoms with E-state index in [9.17, 15) is 9.59 Å². The Morgan fingerprint density at radius 2 is 1.71 bits per heavy atom. The van der Waals surface area contributed by atoms with Gasteiger partial charge in [-0.25, -0.2) is 0 Å². The van der Waals surface area contributed by atoms with Gasteiger partial charge in [-0.15, -0.1) is 0 Å². The summed E-state index contributed by atoms with van der Waals surface area (Å²) in [7, 11) is 4.81. The van der Waals surface area contributed by atoms with Crippen LogP contribution in [-0.4, -0.2) is 44.6 Å². The first-order valence-electron chi connectivity index (χ1n) is 11.6. The fourth-order valence-electron chi connectivity index (χ4n) is 5.22. The van der Waals surface area contributed by atoms with Crippen LogP contribution in [0, 0.1) is 0 Å². The minimum absolute atomic E-state index is 0.0529. The Labute approximate surface area is 204 Å². The zero-order chi connectivity index (χ0) is 24.5. The van der Waals surface area contributed by atoms with Crippen molar-refractivity contribution in [1.29, 1.82) is 0 Å². The molecule has 0 aromatic heterocycles. The molecular formula is C28H28N2O5. The van der Waals surface area contributed by atoms with Gasteiger partial charge in [0.25, 0.3) is 5.91 Å². The van der Waals surface area contributed by atoms with Crippen molar-refractivity contribution in [3.63, 3.8) is 0 Å². The number of ether oxygens (including phenoxy) is 3. The molecule has 2 heterocycles. The second-order valence-corrected chi connectivity index (χ2v) is 8.73. The van der Waals surface area contributed by atoms with Crippen LogP contribution in [0.15, 0.2) is 60.7 Å². The van der Waals surface area contributed by atoms with Crippen LogP contribution < -0.4 is 19.5 Å². The molecule has 3 aromatic rings. The lowest BCUT2D eigenvalue weighted by atomic mass is 9.75. The van der Waals surface area contributed by atoms with Crippen LogP contribution in [0.25, 0.3) is 0 Å². The van der Waals surface area contributed by atoms with E-state index in [-0.39, 0.29) is 11.8 Å². The van der Waals surface area contributed by atoms with Crippen LogP contribution in [0.2, 0.25) is 0 Å². The van der Waals surface area contributed by atoms with Crippen molar-refractivity contribution in [3.05, 3.63) is 88.5 Å². The number of benzene rings is 3. The highest BCUT2D eigenvalue weighted by Crippen LogP contribution is 2.48. The summed E-state index contributed by atoms with van der Waals surface area (Å²) in [6.07, 6.45) is 0.679. The second-order valence-electron chi connectivity index (χ2n) is 8.73. The molecule has 0 bridgehead atoms. The van der Waals surface area contributed by atoms with E-state index in [2.05, 4.69) is 5.32 Å². The van der Waals surface area contributed by atoms with Crippen molar-refractivity contribution in [1.82, 2.24) is 10.2 Å². The van der Waals surface area contributed by atoms with E-state index in [4.69, 9.17) is 14.2 Å². The third-order valence-corrected chi connectivity index (χ3v) is 6.91. The van der Waals surface area contributed by atoms with Crippen LogP contribution in [0.1, 0.15) is 44.6 Å². The number of nitrogens with zero attached hydrogens (tertiary/aromatic N) is 1. The van der Waals surface area contributed by atoms with Crippen molar-refractivity contribution in [2.45, 2.75) is 24.9 Å². The molecule has 2 aliphatic rings. The molecule has 2 unspecified atom stereocenters. The average Bonchev–Trinajstić information content (AvgIpc) is 2.91. The largest absolute Gasteiger partial charge is 0.497 e. The lowest BCUT2D eigenvalue weighted by Crippen LogP contribution is -2.50. The maximum Gasteiger partial charge on any atom is 0.254 e. The summed E-state index contributed by atoms with van der Waals surface area (Å²) >= 11 is 0. The van der Waals surface area contributed by atoms with Gasteiger partial charge in [0, 0.05) is 18.7 Å². The molecule has 0 saturated carbocycles. The average molecular weight is 473 g/mol. The molecule has 180 valence electrons. The number of hydrogen-bond donors (Lipinski definition) is 1. The number of rotatable bonds is 6. The van der Waals surface area contributed by atoms with Crippen molar-refractivity contribution >= 4 is 11.8 Å². The first-order chi connectivity index (χ1) is 17.0. The number of carbonyl (C=O) groups is 2. The number of amides is 2. The van der Waals surface area contributed by atoms with E-state index < -0.39 is 12.0 Å². The fraction of sp³-hybridized carbons (Fsp3) is 0.286. The first-order valence-corrected chi connectivity index (χ1v) is 11.6. The molecule has 35 heavy (non-hydrogen) atoms. The number of carbonyl (C=O) groups excluding carboxylic acids is 2. The highest BCUT2D eigenvalue weighted by Gasteiger charge is 2.46. The highest BCUT2D eigenvalue weighted by molar-refractivity contribution is 6.01. The van der Waals surface area contributed by atoms with Gasteiger partial charge in [0.15, 0.2) is 11.5 Å². The molecule has 0 spiro atoms. The topological polar surface area (TPSA) is 77.1 Å². The predicted octanol–water partition coefficient (Wildman–Crippen LogP) is 3.87. The van der Waals surface area contributed by atoms with Crippen molar-refractivity contribution in [2.24, 2.45) is 0 Å². The van der Waals surface area contributed by atoms with E-state index >= 15 is 0 Å². The minimum atomic E-state index is -0.563. The predicted molar refractivity (Wildman–Crippen MR) is 131 cm³/mol. The molecule has 2 atom stereocenters. The molecule has 0 radical (unpaired) electrons. The van der Waals surface area contributed by atoms with Gasteiger partial charge in [-0.05, 0) is 59.0 Å². The Kier molecular flexibility index (Phi) is 6.07. The maximum absolute atomic E-state index is 13.8. The van der Waals surface area contributed by atoms with Gasteiger partial charge in [-0.1, -0.05) is 30.3 Å². The quantitative estimate of drug-likeness (QED) is 0.590. The molecule has 5 rings (SSSR count). The number of methoxy groups -OCH3 is 3. The summed E-state index contributed by atoms with van der Waals surface area (Å²) in [6, 6.07) is 18.5. The Morgan fingerprint density at radius 3 is 2.49 bits per heavy atom. The Bertz CT molecular complexity index is 1290. The molecular weight excluding hydrogens is 444 g/mol. The molecule has 7 heteroatoms. The zero-order valence-corrected chi connectivity index (χ0v) is 20.0. The summed E-state index contributed by atoms with van der Waals surface area (Å²) in [4.78, 5) is 29.1. The molecule has 1 N–H and O–H groups in total. The van der Waals surface area contributed by atoms with Crippen LogP contribution in [-0.2, 0) is 17.8 Å². The summed E-state index contributed by atoms with van der Waals surface area (Å²) in [5.41, 5.74) is 4.23. The zero-order valence-electron chi connectivity index (χ0n) is 20.0. The third kappa shape index (κ3) is 3.97. The molecule has 0 fully saturated rings. The van der Waals surface area contributed by atoms with Gasteiger partial charge in [-0.2, -0.15) is 0 Å². The summed E-state index contributed by atoms with van der Waals surface area (Å²) in [5, 5.41) is 3.10. The van der Waals surface area contributed by atoms with Crippen LogP contribution >= 0.6 is 0 Å². The monoisotopic (exact) mass is 472 g/mol. The second kappa shape index (κ2) is 9.33. The number of nitrogens with one attached hydrogen (secondary N) is 1. The third-order valence-electron chi connectivity index (χ3n) is 6.91. The van der Waals surface area contributed by atoms with Crippen molar-refractivity contribution in [2.75, 3.05) is 27.9 Å². The fourth-order valence-corrected chi connectivity index (χ4v) is 5.22. The first kappa shape index (κ1) is 22.8. The summed E-state index contributed by atoms with van der Waals surface area (Å²) in [6.45, 7) is 0.883. The molecule has 7 nitrogen and oxygen atoms in total. The summed E-state index contributed by atoms with van der Waals surface area (Å²) < 4.78 is 16.4. The van der Waals surface area contributed by atoms with Gasteiger partial charge in [0.2, 0.25) is 5.91 Å². The lowest BCUT2D eigenvalue weighted by Gasteiger charge is -2.45. The number of hydrogen-bond acceptors (Lipinski definition) is 5. The van der Waals surface area contributed by atoms with Crippen LogP contribution in [0.4, 0.5) is 0 Å². The molecule has 2 aliphatic heterocycles. The minimum Gasteiger partial charge on any atom is -0.497 e. The van der Waals surface area contributed by atoms with E-state index in [1.54, 1.807) is 27.4 Å². The van der Waals surface area contributed by atoms with Gasteiger partial charge >= 0.3 is 0 Å². The van der Waals surface area contributed by atoms with Crippen LogP contribution in [0.3, 0.4) is 0 Å². The highest BCUT2D eigenvalue weighted by atomic mass is 16.5. The van der Waals surface area contributed by atoms with Gasteiger partial charge in [-0.3, -0.25) is 9.59 Å². The van der Waals surface area contributed by atoms with Gasteiger partial charge < -0.3 is 24.4 Å². The van der Waals surface area contributed by atoms with E-state index in [1.165, 1.54) is 0 Å². The van der Waals surface area contributed by atoms with Crippen molar-refractivity contribution < 1.29 is 23.8 Å². The standard InChI is InChI=1S/C28H28N2O5/c1-33-19-8-6-7-17(13-19)16-29-27(31)25-20-9-4-5-10-21(20)28(32)30-12-11-18-14-23(34-2)24(35-3)15-22(18)26(25)30/h4-10,13-15,25-26H,11-12,16H2,1-3H3,(H,29,31). The maximum atomic E-state index is 13.8. The Balaban J connectivity index is 1.56. The number of fused-ring (bicyclic) bond motifs is 4. The van der Waals surface area contributed by atoms with Gasteiger partial charge in [0.1, 0.15) is 5.75 Å². The van der Waals surface area contributed by atoms with Gasteiger partial charge in [0.05, 0.1) is 33.3 Å². The Hall–Kier alpha value is -4.00. The summed E-state index contributed by atoms with van der Waals surface area (Å²) in [5.74, 6) is 1.20. The van der Waals surface area contributed by atoms with E-state index in [0.29, 0.717) is 36.6 Å². The smallest absolute Gasteiger partial charge is 0.254 e. The van der Waals surface area contributed by atoms with E-state index in [0.717, 1.165) is 28.0 Å². The molecule has 2 amide bonds. The van der Waals surface area contributed by atoms with Crippen LogP contribution in [0.5, 0.6) is 17.2 Å². The van der Waals surface area contributed by atoms with E-state index in [1.807, 2.05) is 59.5 Å². The SMILES string of the molecule is COc1cccc(CNC(=O)C2c3ccccc3C(=O)N3CCc4cc(OC)c(OC)cc4C23)c1.